The fraction of sp³-hybridized carbons (Fsp3) is 1.00. The molecule has 0 aromatic carbocycles. The predicted molar refractivity (Wildman–Crippen MR) is 103 cm³/mol. The number of methoxy groups -OCH3 is 1. The molecule has 4 atom stereocenters. The van der Waals surface area contributed by atoms with Gasteiger partial charge in [-0.2, -0.15) is 0 Å². The standard InChI is InChI=1S/C21H44O3/c1-17(2)10-7-11-18(3)12-8-13-19(4)14-9-15-21(5,24-6)20(23)16-22/h17-20,22-23H,7-16H2,1-6H3. The number of ether oxygens (including phenoxy) is 1. The minimum Gasteiger partial charge on any atom is -0.394 e. The van der Waals surface area contributed by atoms with Crippen LogP contribution in [-0.4, -0.2) is 35.6 Å². The number of aliphatic hydroxyl groups is 2. The van der Waals surface area contributed by atoms with E-state index >= 15 is 0 Å². The maximum absolute atomic E-state index is 9.87. The Labute approximate surface area is 151 Å². The van der Waals surface area contributed by atoms with Crippen molar-refractivity contribution in [1.29, 1.82) is 0 Å². The van der Waals surface area contributed by atoms with E-state index in [-0.39, 0.29) is 6.61 Å². The third-order valence-electron chi connectivity index (χ3n) is 5.59. The molecular formula is C21H44O3. The van der Waals surface area contributed by atoms with Gasteiger partial charge in [0.05, 0.1) is 12.2 Å². The van der Waals surface area contributed by atoms with Crippen molar-refractivity contribution in [3.63, 3.8) is 0 Å². The van der Waals surface area contributed by atoms with E-state index < -0.39 is 11.7 Å². The van der Waals surface area contributed by atoms with Crippen LogP contribution in [0.5, 0.6) is 0 Å². The maximum atomic E-state index is 9.87. The second-order valence-corrected chi connectivity index (χ2v) is 8.57. The molecular weight excluding hydrogens is 300 g/mol. The Morgan fingerprint density at radius 1 is 0.833 bits per heavy atom. The molecule has 0 bridgehead atoms. The molecule has 0 radical (unpaired) electrons. The lowest BCUT2D eigenvalue weighted by Crippen LogP contribution is -2.43. The lowest BCUT2D eigenvalue weighted by Gasteiger charge is -2.32. The van der Waals surface area contributed by atoms with Crippen LogP contribution in [0.1, 0.15) is 92.4 Å². The van der Waals surface area contributed by atoms with Crippen LogP contribution in [0.15, 0.2) is 0 Å². The second kappa shape index (κ2) is 13.1. The highest BCUT2D eigenvalue weighted by molar-refractivity contribution is 4.83. The summed E-state index contributed by atoms with van der Waals surface area (Å²) in [6.07, 6.45) is 10.3. The summed E-state index contributed by atoms with van der Waals surface area (Å²) >= 11 is 0. The first-order chi connectivity index (χ1) is 11.2. The summed E-state index contributed by atoms with van der Waals surface area (Å²) in [6, 6.07) is 0. The first-order valence-corrected chi connectivity index (χ1v) is 10.1. The zero-order valence-electron chi connectivity index (χ0n) is 17.2. The molecule has 0 aliphatic rings. The molecule has 0 aliphatic carbocycles. The number of hydrogen-bond acceptors (Lipinski definition) is 3. The first kappa shape index (κ1) is 23.9. The van der Waals surface area contributed by atoms with Crippen molar-refractivity contribution in [3.05, 3.63) is 0 Å². The highest BCUT2D eigenvalue weighted by Crippen LogP contribution is 2.26. The minimum absolute atomic E-state index is 0.241. The van der Waals surface area contributed by atoms with Crippen molar-refractivity contribution in [1.82, 2.24) is 0 Å². The number of hydrogen-bond donors (Lipinski definition) is 2. The van der Waals surface area contributed by atoms with E-state index in [4.69, 9.17) is 9.84 Å². The van der Waals surface area contributed by atoms with Crippen molar-refractivity contribution in [2.24, 2.45) is 17.8 Å². The zero-order valence-corrected chi connectivity index (χ0v) is 17.2. The highest BCUT2D eigenvalue weighted by Gasteiger charge is 2.31. The van der Waals surface area contributed by atoms with Crippen molar-refractivity contribution in [2.45, 2.75) is 104 Å². The minimum atomic E-state index is -0.801. The second-order valence-electron chi connectivity index (χ2n) is 8.57. The van der Waals surface area contributed by atoms with Gasteiger partial charge in [0, 0.05) is 7.11 Å². The number of rotatable bonds is 15. The summed E-state index contributed by atoms with van der Waals surface area (Å²) in [5.74, 6) is 2.41. The highest BCUT2D eigenvalue weighted by atomic mass is 16.5. The average Bonchev–Trinajstić information content (AvgIpc) is 2.53. The normalized spacial score (nSPS) is 18.4. The van der Waals surface area contributed by atoms with Gasteiger partial charge < -0.3 is 14.9 Å². The van der Waals surface area contributed by atoms with Crippen LogP contribution in [0, 0.1) is 17.8 Å². The van der Waals surface area contributed by atoms with Crippen LogP contribution in [0.25, 0.3) is 0 Å². The van der Waals surface area contributed by atoms with Gasteiger partial charge in [-0.05, 0) is 31.1 Å². The summed E-state index contributed by atoms with van der Waals surface area (Å²) in [6.45, 7) is 11.0. The molecule has 0 amide bonds. The maximum Gasteiger partial charge on any atom is 0.106 e. The molecule has 0 fully saturated rings. The average molecular weight is 345 g/mol. The number of aliphatic hydroxyl groups excluding tert-OH is 2. The molecule has 0 aromatic heterocycles. The Morgan fingerprint density at radius 2 is 1.29 bits per heavy atom. The van der Waals surface area contributed by atoms with Crippen LogP contribution in [0.2, 0.25) is 0 Å². The zero-order chi connectivity index (χ0) is 18.6. The fourth-order valence-corrected chi connectivity index (χ4v) is 3.38. The van der Waals surface area contributed by atoms with E-state index in [1.807, 2.05) is 6.92 Å². The topological polar surface area (TPSA) is 49.7 Å². The van der Waals surface area contributed by atoms with Gasteiger partial charge in [-0.15, -0.1) is 0 Å². The Balaban J connectivity index is 3.81. The SMILES string of the molecule is COC(C)(CCCC(C)CCCC(C)CCCC(C)C)C(O)CO. The Morgan fingerprint density at radius 3 is 1.71 bits per heavy atom. The van der Waals surface area contributed by atoms with E-state index in [1.165, 1.54) is 44.9 Å². The summed E-state index contributed by atoms with van der Waals surface area (Å²) in [4.78, 5) is 0. The van der Waals surface area contributed by atoms with Crippen LogP contribution in [0.4, 0.5) is 0 Å². The van der Waals surface area contributed by atoms with E-state index in [0.29, 0.717) is 0 Å². The first-order valence-electron chi connectivity index (χ1n) is 10.1. The van der Waals surface area contributed by atoms with Crippen molar-refractivity contribution >= 4 is 0 Å². The molecule has 0 saturated carbocycles. The summed E-state index contributed by atoms with van der Waals surface area (Å²) < 4.78 is 5.43. The molecule has 0 heterocycles. The Hall–Kier alpha value is -0.120. The fourth-order valence-electron chi connectivity index (χ4n) is 3.38. The van der Waals surface area contributed by atoms with Gasteiger partial charge in [0.2, 0.25) is 0 Å². The van der Waals surface area contributed by atoms with Gasteiger partial charge in [-0.1, -0.05) is 79.1 Å². The smallest absolute Gasteiger partial charge is 0.106 e. The van der Waals surface area contributed by atoms with Gasteiger partial charge in [-0.3, -0.25) is 0 Å². The molecule has 146 valence electrons. The molecule has 0 aliphatic heterocycles. The van der Waals surface area contributed by atoms with Crippen LogP contribution < -0.4 is 0 Å². The molecule has 0 saturated heterocycles. The van der Waals surface area contributed by atoms with E-state index in [9.17, 15) is 5.11 Å². The van der Waals surface area contributed by atoms with E-state index in [0.717, 1.165) is 30.6 Å². The monoisotopic (exact) mass is 344 g/mol. The lowest BCUT2D eigenvalue weighted by atomic mass is 9.88. The summed E-state index contributed by atoms with van der Waals surface area (Å²) in [5, 5.41) is 19.0. The molecule has 3 nitrogen and oxygen atoms in total. The van der Waals surface area contributed by atoms with Crippen molar-refractivity contribution < 1.29 is 14.9 Å². The van der Waals surface area contributed by atoms with Gasteiger partial charge in [0.25, 0.3) is 0 Å². The van der Waals surface area contributed by atoms with Gasteiger partial charge in [0.15, 0.2) is 0 Å². The van der Waals surface area contributed by atoms with Crippen molar-refractivity contribution in [2.75, 3.05) is 13.7 Å². The molecule has 0 rings (SSSR count). The van der Waals surface area contributed by atoms with Crippen LogP contribution in [0.3, 0.4) is 0 Å². The Kier molecular flexibility index (Phi) is 13.1. The molecule has 24 heavy (non-hydrogen) atoms. The molecule has 3 heteroatoms. The summed E-state index contributed by atoms with van der Waals surface area (Å²) in [7, 11) is 1.61. The molecule has 0 aromatic rings. The van der Waals surface area contributed by atoms with Crippen LogP contribution in [-0.2, 0) is 4.74 Å². The van der Waals surface area contributed by atoms with Gasteiger partial charge in [-0.25, -0.2) is 0 Å². The van der Waals surface area contributed by atoms with Crippen LogP contribution >= 0.6 is 0 Å². The quantitative estimate of drug-likeness (QED) is 0.430. The van der Waals surface area contributed by atoms with E-state index in [1.54, 1.807) is 7.11 Å². The largest absolute Gasteiger partial charge is 0.394 e. The van der Waals surface area contributed by atoms with Gasteiger partial charge in [0.1, 0.15) is 6.10 Å². The molecule has 2 N–H and O–H groups in total. The lowest BCUT2D eigenvalue weighted by molar-refractivity contribution is -0.112. The summed E-state index contributed by atoms with van der Waals surface area (Å²) in [5.41, 5.74) is -0.626. The molecule has 4 unspecified atom stereocenters. The van der Waals surface area contributed by atoms with Crippen molar-refractivity contribution in [3.8, 4) is 0 Å². The predicted octanol–water partition coefficient (Wildman–Crippen LogP) is 5.18. The van der Waals surface area contributed by atoms with E-state index in [2.05, 4.69) is 27.7 Å². The van der Waals surface area contributed by atoms with Gasteiger partial charge >= 0.3 is 0 Å². The third-order valence-corrected chi connectivity index (χ3v) is 5.59. The Bertz CT molecular complexity index is 293. The molecule has 0 spiro atoms. The third kappa shape index (κ3) is 10.7.